The van der Waals surface area contributed by atoms with Crippen LogP contribution in [0.4, 0.5) is 0 Å². The molecule has 0 spiro atoms. The molecule has 2 aromatic carbocycles. The lowest BCUT2D eigenvalue weighted by Crippen LogP contribution is -1.98. The molecule has 4 heteroatoms. The molecule has 0 atom stereocenters. The van der Waals surface area contributed by atoms with Crippen molar-refractivity contribution in [3.05, 3.63) is 35.4 Å². The molecule has 23 heavy (non-hydrogen) atoms. The van der Waals surface area contributed by atoms with E-state index in [0.717, 1.165) is 61.0 Å². The molecule has 0 saturated heterocycles. The van der Waals surface area contributed by atoms with E-state index in [1.165, 1.54) is 0 Å². The molecule has 0 aliphatic heterocycles. The second-order valence-electron chi connectivity index (χ2n) is 5.56. The summed E-state index contributed by atoms with van der Waals surface area (Å²) in [6.45, 7) is 3.57. The van der Waals surface area contributed by atoms with Crippen LogP contribution in [0.15, 0.2) is 30.3 Å². The molecule has 0 heterocycles. The normalized spacial score (nSPS) is 10.9. The number of fused-ring (bicyclic) bond motifs is 1. The van der Waals surface area contributed by atoms with Gasteiger partial charge < -0.3 is 9.47 Å². The average molecular weight is 355 g/mol. The van der Waals surface area contributed by atoms with Gasteiger partial charge in [0.25, 0.3) is 0 Å². The first-order chi connectivity index (χ1) is 11.3. The Kier molecular flexibility index (Phi) is 7.84. The molecule has 0 bridgehead atoms. The fourth-order valence-corrected chi connectivity index (χ4v) is 2.82. The van der Waals surface area contributed by atoms with Gasteiger partial charge in [0.1, 0.15) is 11.5 Å². The van der Waals surface area contributed by atoms with E-state index in [9.17, 15) is 0 Å². The third kappa shape index (κ3) is 5.47. The number of ether oxygens (including phenoxy) is 2. The van der Waals surface area contributed by atoms with E-state index in [2.05, 4.69) is 6.92 Å². The van der Waals surface area contributed by atoms with Gasteiger partial charge in [0, 0.05) is 11.3 Å². The summed E-state index contributed by atoms with van der Waals surface area (Å²) in [5, 5.41) is 2.73. The Bertz CT molecular complexity index is 614. The molecule has 2 aromatic rings. The average Bonchev–Trinajstić information content (AvgIpc) is 2.57. The molecule has 0 radical (unpaired) electrons. The van der Waals surface area contributed by atoms with E-state index in [1.807, 2.05) is 30.3 Å². The molecular weight excluding hydrogens is 331 g/mol. The number of rotatable bonds is 10. The number of benzene rings is 2. The van der Waals surface area contributed by atoms with Gasteiger partial charge >= 0.3 is 0 Å². The van der Waals surface area contributed by atoms with E-state index in [0.29, 0.717) is 17.5 Å². The van der Waals surface area contributed by atoms with Crippen molar-refractivity contribution >= 4 is 34.0 Å². The fraction of sp³-hybridized carbons (Fsp3) is 0.474. The van der Waals surface area contributed by atoms with Gasteiger partial charge in [-0.25, -0.2) is 0 Å². The molecule has 0 saturated carbocycles. The molecule has 2 rings (SSSR count). The van der Waals surface area contributed by atoms with Gasteiger partial charge in [-0.15, -0.1) is 11.6 Å². The van der Waals surface area contributed by atoms with Crippen LogP contribution in [0.25, 0.3) is 10.8 Å². The Morgan fingerprint density at radius 1 is 0.913 bits per heavy atom. The number of alkyl halides is 1. The molecular formula is C19H24Cl2O2. The van der Waals surface area contributed by atoms with Crippen molar-refractivity contribution in [2.75, 3.05) is 19.1 Å². The van der Waals surface area contributed by atoms with Crippen molar-refractivity contribution in [3.63, 3.8) is 0 Å². The SMILES string of the molecule is CCCCOc1ccc2c(Cl)c(OCCCCCCl)ccc2c1. The Balaban J connectivity index is 2.02. The molecule has 126 valence electrons. The van der Waals surface area contributed by atoms with Gasteiger partial charge in [0.05, 0.1) is 18.2 Å². The lowest BCUT2D eigenvalue weighted by atomic mass is 10.1. The highest BCUT2D eigenvalue weighted by molar-refractivity contribution is 6.37. The third-order valence-electron chi connectivity index (χ3n) is 3.69. The van der Waals surface area contributed by atoms with Crippen LogP contribution in [0.2, 0.25) is 5.02 Å². The molecule has 0 N–H and O–H groups in total. The minimum absolute atomic E-state index is 0.667. The molecule has 0 aliphatic carbocycles. The van der Waals surface area contributed by atoms with E-state index in [-0.39, 0.29) is 0 Å². The smallest absolute Gasteiger partial charge is 0.138 e. The zero-order valence-electron chi connectivity index (χ0n) is 13.6. The highest BCUT2D eigenvalue weighted by atomic mass is 35.5. The molecule has 2 nitrogen and oxygen atoms in total. The summed E-state index contributed by atoms with van der Waals surface area (Å²) >= 11 is 12.1. The van der Waals surface area contributed by atoms with Crippen LogP contribution in [0, 0.1) is 0 Å². The van der Waals surface area contributed by atoms with Crippen molar-refractivity contribution in [1.82, 2.24) is 0 Å². The number of hydrogen-bond donors (Lipinski definition) is 0. The zero-order chi connectivity index (χ0) is 16.5. The van der Waals surface area contributed by atoms with Gasteiger partial charge in [-0.3, -0.25) is 0 Å². The highest BCUT2D eigenvalue weighted by Gasteiger charge is 2.08. The maximum Gasteiger partial charge on any atom is 0.138 e. The Morgan fingerprint density at radius 3 is 2.52 bits per heavy atom. The van der Waals surface area contributed by atoms with E-state index in [1.54, 1.807) is 0 Å². The first kappa shape index (κ1) is 18.2. The van der Waals surface area contributed by atoms with E-state index >= 15 is 0 Å². The molecule has 0 aromatic heterocycles. The minimum atomic E-state index is 0.667. The summed E-state index contributed by atoms with van der Waals surface area (Å²) in [5.41, 5.74) is 0. The van der Waals surface area contributed by atoms with Crippen molar-refractivity contribution < 1.29 is 9.47 Å². The first-order valence-electron chi connectivity index (χ1n) is 8.30. The van der Waals surface area contributed by atoms with Gasteiger partial charge in [-0.05, 0) is 55.3 Å². The van der Waals surface area contributed by atoms with Crippen LogP contribution in [-0.2, 0) is 0 Å². The summed E-state index contributed by atoms with van der Waals surface area (Å²) in [7, 11) is 0. The summed E-state index contributed by atoms with van der Waals surface area (Å²) in [6.07, 6.45) is 5.29. The van der Waals surface area contributed by atoms with Gasteiger partial charge in [-0.2, -0.15) is 0 Å². The lowest BCUT2D eigenvalue weighted by molar-refractivity contribution is 0.306. The topological polar surface area (TPSA) is 18.5 Å². The number of unbranched alkanes of at least 4 members (excludes halogenated alkanes) is 3. The van der Waals surface area contributed by atoms with Gasteiger partial charge in [0.2, 0.25) is 0 Å². The van der Waals surface area contributed by atoms with E-state index < -0.39 is 0 Å². The monoisotopic (exact) mass is 354 g/mol. The molecule has 0 aliphatic rings. The van der Waals surface area contributed by atoms with Crippen LogP contribution >= 0.6 is 23.2 Å². The second kappa shape index (κ2) is 9.89. The van der Waals surface area contributed by atoms with Crippen LogP contribution in [0.5, 0.6) is 11.5 Å². The largest absolute Gasteiger partial charge is 0.494 e. The summed E-state index contributed by atoms with van der Waals surface area (Å²) in [5.74, 6) is 2.33. The molecule has 0 unspecified atom stereocenters. The third-order valence-corrected chi connectivity index (χ3v) is 4.35. The van der Waals surface area contributed by atoms with Crippen molar-refractivity contribution in [3.8, 4) is 11.5 Å². The van der Waals surface area contributed by atoms with Crippen LogP contribution in [-0.4, -0.2) is 19.1 Å². The van der Waals surface area contributed by atoms with Crippen molar-refractivity contribution in [2.45, 2.75) is 39.0 Å². The minimum Gasteiger partial charge on any atom is -0.494 e. The van der Waals surface area contributed by atoms with Crippen molar-refractivity contribution in [2.24, 2.45) is 0 Å². The fourth-order valence-electron chi connectivity index (χ4n) is 2.34. The standard InChI is InChI=1S/C19H24Cl2O2/c1-2-3-12-22-16-8-9-17-15(14-16)7-10-18(19(17)21)23-13-6-4-5-11-20/h7-10,14H,2-6,11-13H2,1H3. The maximum atomic E-state index is 6.47. The summed E-state index contributed by atoms with van der Waals surface area (Å²) in [4.78, 5) is 0. The highest BCUT2D eigenvalue weighted by Crippen LogP contribution is 2.34. The maximum absolute atomic E-state index is 6.47. The summed E-state index contributed by atoms with van der Waals surface area (Å²) < 4.78 is 11.5. The quantitative estimate of drug-likeness (QED) is 0.360. The first-order valence-corrected chi connectivity index (χ1v) is 9.21. The van der Waals surface area contributed by atoms with Gasteiger partial charge in [0.15, 0.2) is 0 Å². The molecule has 0 fully saturated rings. The Labute approximate surface area is 148 Å². The second-order valence-corrected chi connectivity index (χ2v) is 6.32. The predicted octanol–water partition coefficient (Wildman–Crippen LogP) is 6.46. The number of hydrogen-bond acceptors (Lipinski definition) is 2. The van der Waals surface area contributed by atoms with Crippen LogP contribution in [0.3, 0.4) is 0 Å². The lowest BCUT2D eigenvalue weighted by Gasteiger charge is -2.11. The number of halogens is 2. The Morgan fingerprint density at radius 2 is 1.74 bits per heavy atom. The predicted molar refractivity (Wildman–Crippen MR) is 99.4 cm³/mol. The zero-order valence-corrected chi connectivity index (χ0v) is 15.1. The van der Waals surface area contributed by atoms with Crippen molar-refractivity contribution in [1.29, 1.82) is 0 Å². The van der Waals surface area contributed by atoms with Crippen LogP contribution in [0.1, 0.15) is 39.0 Å². The van der Waals surface area contributed by atoms with Crippen LogP contribution < -0.4 is 9.47 Å². The van der Waals surface area contributed by atoms with Gasteiger partial charge in [-0.1, -0.05) is 31.0 Å². The Hall–Kier alpha value is -1.12. The molecule has 0 amide bonds. The van der Waals surface area contributed by atoms with E-state index in [4.69, 9.17) is 32.7 Å². The summed E-state index contributed by atoms with van der Waals surface area (Å²) in [6, 6.07) is 9.96.